The quantitative estimate of drug-likeness (QED) is 0.840. The Morgan fingerprint density at radius 3 is 2.21 bits per heavy atom. The Morgan fingerprint density at radius 1 is 1.11 bits per heavy atom. The van der Waals surface area contributed by atoms with Crippen molar-refractivity contribution < 1.29 is 0 Å². The minimum atomic E-state index is 0.0130. The zero-order valence-corrected chi connectivity index (χ0v) is 12.5. The van der Waals surface area contributed by atoms with Crippen LogP contribution >= 0.6 is 0 Å². The minimum absolute atomic E-state index is 0.0130. The SMILES string of the molecule is Cc1cc(C)n(N(Cc2ccccc2)C(C)(C)C)n1. The summed E-state index contributed by atoms with van der Waals surface area (Å²) >= 11 is 0. The van der Waals surface area contributed by atoms with Crippen LogP contribution in [0.5, 0.6) is 0 Å². The number of hydrogen-bond donors (Lipinski definition) is 0. The standard InChI is InChI=1S/C16H23N3/c1-13-11-14(2)19(17-13)18(16(3,4)5)12-15-9-7-6-8-10-15/h6-11H,12H2,1-5H3. The predicted octanol–water partition coefficient (Wildman–Crippen LogP) is 3.44. The second-order valence-electron chi connectivity index (χ2n) is 6.03. The summed E-state index contributed by atoms with van der Waals surface area (Å²) in [5, 5.41) is 6.91. The van der Waals surface area contributed by atoms with Gasteiger partial charge < -0.3 is 0 Å². The van der Waals surface area contributed by atoms with Crippen LogP contribution < -0.4 is 5.01 Å². The van der Waals surface area contributed by atoms with Gasteiger partial charge in [0.2, 0.25) is 0 Å². The van der Waals surface area contributed by atoms with Gasteiger partial charge >= 0.3 is 0 Å². The summed E-state index contributed by atoms with van der Waals surface area (Å²) in [5.74, 6) is 0. The highest BCUT2D eigenvalue weighted by Crippen LogP contribution is 2.17. The molecular weight excluding hydrogens is 234 g/mol. The lowest BCUT2D eigenvalue weighted by Gasteiger charge is -2.38. The normalized spacial score (nSPS) is 11.6. The largest absolute Gasteiger partial charge is 0.287 e. The number of nitrogens with zero attached hydrogens (tertiary/aromatic N) is 3. The number of hydrogen-bond acceptors (Lipinski definition) is 2. The summed E-state index contributed by atoms with van der Waals surface area (Å²) in [4.78, 5) is 2.03. The van der Waals surface area contributed by atoms with E-state index >= 15 is 0 Å². The highest BCUT2D eigenvalue weighted by atomic mass is 15.7. The molecule has 0 aliphatic carbocycles. The first kappa shape index (κ1) is 13.7. The van der Waals surface area contributed by atoms with Gasteiger partial charge in [0.15, 0.2) is 0 Å². The molecule has 0 spiro atoms. The molecule has 2 rings (SSSR count). The fraction of sp³-hybridized carbons (Fsp3) is 0.438. The van der Waals surface area contributed by atoms with E-state index in [-0.39, 0.29) is 5.54 Å². The number of aryl methyl sites for hydroxylation is 2. The minimum Gasteiger partial charge on any atom is -0.287 e. The molecule has 0 saturated carbocycles. The molecule has 1 aromatic carbocycles. The molecule has 0 bridgehead atoms. The van der Waals surface area contributed by atoms with Crippen LogP contribution in [0, 0.1) is 13.8 Å². The van der Waals surface area contributed by atoms with Crippen molar-refractivity contribution in [1.29, 1.82) is 0 Å². The first-order valence-corrected chi connectivity index (χ1v) is 6.73. The zero-order valence-electron chi connectivity index (χ0n) is 12.5. The van der Waals surface area contributed by atoms with Gasteiger partial charge in [-0.15, -0.1) is 0 Å². The van der Waals surface area contributed by atoms with Crippen LogP contribution in [0.2, 0.25) is 0 Å². The van der Waals surface area contributed by atoms with Crippen molar-refractivity contribution in [2.24, 2.45) is 0 Å². The van der Waals surface area contributed by atoms with E-state index in [1.165, 1.54) is 11.3 Å². The lowest BCUT2D eigenvalue weighted by Crippen LogP contribution is -2.49. The molecule has 2 aromatic rings. The Hall–Kier alpha value is -1.77. The Bertz CT molecular complexity index is 535. The molecule has 19 heavy (non-hydrogen) atoms. The van der Waals surface area contributed by atoms with E-state index in [0.717, 1.165) is 12.2 Å². The second kappa shape index (κ2) is 5.08. The van der Waals surface area contributed by atoms with Crippen molar-refractivity contribution in [3.8, 4) is 0 Å². The Morgan fingerprint density at radius 2 is 1.74 bits per heavy atom. The maximum absolute atomic E-state index is 4.62. The van der Waals surface area contributed by atoms with Gasteiger partial charge in [0.1, 0.15) is 0 Å². The first-order chi connectivity index (χ1) is 8.88. The Labute approximate surface area is 115 Å². The van der Waals surface area contributed by atoms with Crippen molar-refractivity contribution in [3.63, 3.8) is 0 Å². The first-order valence-electron chi connectivity index (χ1n) is 6.73. The molecule has 3 nitrogen and oxygen atoms in total. The van der Waals surface area contributed by atoms with E-state index in [2.05, 4.69) is 68.1 Å². The average molecular weight is 257 g/mol. The van der Waals surface area contributed by atoms with Gasteiger partial charge in [-0.3, -0.25) is 5.01 Å². The molecule has 1 aromatic heterocycles. The van der Waals surface area contributed by atoms with Crippen LogP contribution in [0.4, 0.5) is 0 Å². The fourth-order valence-corrected chi connectivity index (χ4v) is 2.21. The van der Waals surface area contributed by atoms with E-state index in [1.807, 2.05) is 17.8 Å². The molecular formula is C16H23N3. The van der Waals surface area contributed by atoms with E-state index in [4.69, 9.17) is 0 Å². The van der Waals surface area contributed by atoms with Gasteiger partial charge in [0.25, 0.3) is 0 Å². The van der Waals surface area contributed by atoms with Gasteiger partial charge in [-0.1, -0.05) is 30.3 Å². The van der Waals surface area contributed by atoms with Crippen LogP contribution in [0.3, 0.4) is 0 Å². The Kier molecular flexibility index (Phi) is 3.65. The molecule has 1 heterocycles. The maximum Gasteiger partial charge on any atom is 0.0617 e. The molecule has 0 aliphatic rings. The molecule has 0 aliphatic heterocycles. The van der Waals surface area contributed by atoms with E-state index in [0.29, 0.717) is 0 Å². The lowest BCUT2D eigenvalue weighted by molar-refractivity contribution is 0.362. The molecule has 0 unspecified atom stereocenters. The molecule has 0 N–H and O–H groups in total. The topological polar surface area (TPSA) is 21.1 Å². The lowest BCUT2D eigenvalue weighted by atomic mass is 10.1. The molecule has 0 saturated heterocycles. The summed E-state index contributed by atoms with van der Waals surface area (Å²) in [7, 11) is 0. The van der Waals surface area contributed by atoms with Crippen LogP contribution in [0.25, 0.3) is 0 Å². The van der Waals surface area contributed by atoms with Gasteiger partial charge in [-0.25, -0.2) is 0 Å². The smallest absolute Gasteiger partial charge is 0.0617 e. The summed E-state index contributed by atoms with van der Waals surface area (Å²) in [6.45, 7) is 11.6. The number of rotatable bonds is 3. The fourth-order valence-electron chi connectivity index (χ4n) is 2.21. The van der Waals surface area contributed by atoms with Crippen LogP contribution in [0.1, 0.15) is 37.7 Å². The third kappa shape index (κ3) is 3.16. The van der Waals surface area contributed by atoms with E-state index < -0.39 is 0 Å². The summed E-state index contributed by atoms with van der Waals surface area (Å²) < 4.78 is 0. The van der Waals surface area contributed by atoms with Gasteiger partial charge in [0.05, 0.1) is 17.9 Å². The average Bonchev–Trinajstić information content (AvgIpc) is 2.65. The zero-order chi connectivity index (χ0) is 14.0. The van der Waals surface area contributed by atoms with Crippen molar-refractivity contribution in [3.05, 3.63) is 53.3 Å². The van der Waals surface area contributed by atoms with Crippen molar-refractivity contribution in [2.75, 3.05) is 5.01 Å². The summed E-state index contributed by atoms with van der Waals surface area (Å²) in [5.41, 5.74) is 3.53. The van der Waals surface area contributed by atoms with Crippen LogP contribution in [0.15, 0.2) is 36.4 Å². The van der Waals surface area contributed by atoms with Gasteiger partial charge in [0, 0.05) is 5.54 Å². The molecule has 0 radical (unpaired) electrons. The molecule has 3 heteroatoms. The molecule has 0 amide bonds. The number of aromatic nitrogens is 2. The molecule has 0 atom stereocenters. The monoisotopic (exact) mass is 257 g/mol. The molecule has 0 fully saturated rings. The van der Waals surface area contributed by atoms with E-state index in [9.17, 15) is 0 Å². The van der Waals surface area contributed by atoms with Crippen LogP contribution in [-0.2, 0) is 6.54 Å². The maximum atomic E-state index is 4.62. The third-order valence-electron chi connectivity index (χ3n) is 3.16. The highest BCUT2D eigenvalue weighted by molar-refractivity contribution is 5.20. The predicted molar refractivity (Wildman–Crippen MR) is 79.8 cm³/mol. The van der Waals surface area contributed by atoms with E-state index in [1.54, 1.807) is 0 Å². The van der Waals surface area contributed by atoms with Crippen molar-refractivity contribution in [2.45, 2.75) is 46.7 Å². The third-order valence-corrected chi connectivity index (χ3v) is 3.16. The molecule has 102 valence electrons. The summed E-state index contributed by atoms with van der Waals surface area (Å²) in [6, 6.07) is 12.6. The van der Waals surface area contributed by atoms with Gasteiger partial charge in [-0.2, -0.15) is 9.89 Å². The summed E-state index contributed by atoms with van der Waals surface area (Å²) in [6.07, 6.45) is 0. The van der Waals surface area contributed by atoms with Crippen molar-refractivity contribution >= 4 is 0 Å². The number of benzene rings is 1. The van der Waals surface area contributed by atoms with Crippen LogP contribution in [-0.4, -0.2) is 15.4 Å². The van der Waals surface area contributed by atoms with Crippen molar-refractivity contribution in [1.82, 2.24) is 9.89 Å². The Balaban J connectivity index is 2.35. The highest BCUT2D eigenvalue weighted by Gasteiger charge is 2.23. The van der Waals surface area contributed by atoms with Gasteiger partial charge in [-0.05, 0) is 46.2 Å². The second-order valence-corrected chi connectivity index (χ2v) is 6.03.